The second kappa shape index (κ2) is 8.01. The first-order valence-electron chi connectivity index (χ1n) is 6.61. The normalized spacial score (nSPS) is 12.6. The van der Waals surface area contributed by atoms with Crippen molar-refractivity contribution in [2.75, 3.05) is 0 Å². The van der Waals surface area contributed by atoms with Gasteiger partial charge in [-0.05, 0) is 60.9 Å². The molecule has 0 spiro atoms. The number of rotatable bonds is 7. The Morgan fingerprint density at radius 1 is 1.25 bits per heavy atom. The maximum atomic E-state index is 6.19. The van der Waals surface area contributed by atoms with Crippen LogP contribution in [-0.2, 0) is 12.8 Å². The number of hydrogen-bond donors (Lipinski definition) is 2. The third kappa shape index (κ3) is 4.76. The van der Waals surface area contributed by atoms with Gasteiger partial charge in [-0.2, -0.15) is 0 Å². The molecule has 0 saturated heterocycles. The van der Waals surface area contributed by atoms with Crippen LogP contribution in [0.2, 0.25) is 10.0 Å². The van der Waals surface area contributed by atoms with E-state index in [2.05, 4.69) is 22.9 Å². The van der Waals surface area contributed by atoms with Gasteiger partial charge in [-0.15, -0.1) is 11.3 Å². The molecule has 0 aliphatic carbocycles. The van der Waals surface area contributed by atoms with Crippen LogP contribution in [0.4, 0.5) is 0 Å². The van der Waals surface area contributed by atoms with E-state index in [1.165, 1.54) is 4.88 Å². The zero-order valence-electron chi connectivity index (χ0n) is 11.1. The van der Waals surface area contributed by atoms with Crippen LogP contribution in [0.5, 0.6) is 0 Å². The summed E-state index contributed by atoms with van der Waals surface area (Å²) in [5.74, 6) is 5.64. The van der Waals surface area contributed by atoms with Crippen molar-refractivity contribution in [3.8, 4) is 0 Å². The number of aryl methyl sites for hydroxylation is 1. The van der Waals surface area contributed by atoms with E-state index in [4.69, 9.17) is 29.0 Å². The van der Waals surface area contributed by atoms with E-state index >= 15 is 0 Å². The van der Waals surface area contributed by atoms with E-state index in [9.17, 15) is 0 Å². The molecule has 0 radical (unpaired) electrons. The van der Waals surface area contributed by atoms with Crippen molar-refractivity contribution in [2.45, 2.75) is 31.7 Å². The lowest BCUT2D eigenvalue weighted by Crippen LogP contribution is -2.36. The van der Waals surface area contributed by atoms with E-state index < -0.39 is 0 Å². The van der Waals surface area contributed by atoms with Crippen molar-refractivity contribution in [1.82, 2.24) is 5.43 Å². The van der Waals surface area contributed by atoms with Crippen molar-refractivity contribution in [1.29, 1.82) is 0 Å². The van der Waals surface area contributed by atoms with E-state index in [0.29, 0.717) is 5.02 Å². The number of nitrogens with one attached hydrogen (secondary N) is 1. The molecular weight excluding hydrogens is 311 g/mol. The summed E-state index contributed by atoms with van der Waals surface area (Å²) in [6.45, 7) is 0. The zero-order valence-corrected chi connectivity index (χ0v) is 13.4. The predicted molar refractivity (Wildman–Crippen MR) is 88.5 cm³/mol. The number of nitrogens with two attached hydrogens (primary N) is 1. The third-order valence-electron chi connectivity index (χ3n) is 3.27. The van der Waals surface area contributed by atoms with E-state index in [1.54, 1.807) is 17.4 Å². The molecule has 0 saturated carbocycles. The lowest BCUT2D eigenvalue weighted by Gasteiger charge is -2.16. The van der Waals surface area contributed by atoms with Gasteiger partial charge < -0.3 is 0 Å². The number of halogens is 2. The molecule has 1 unspecified atom stereocenters. The smallest absolute Gasteiger partial charge is 0.0439 e. The molecule has 0 bridgehead atoms. The lowest BCUT2D eigenvalue weighted by molar-refractivity contribution is 0.477. The van der Waals surface area contributed by atoms with Crippen molar-refractivity contribution in [2.24, 2.45) is 5.84 Å². The SMILES string of the molecule is NNC(CCCc1cccs1)Cc1cc(Cl)ccc1Cl. The highest BCUT2D eigenvalue weighted by atomic mass is 35.5. The highest BCUT2D eigenvalue weighted by molar-refractivity contribution is 7.09. The van der Waals surface area contributed by atoms with Gasteiger partial charge in [0.25, 0.3) is 0 Å². The summed E-state index contributed by atoms with van der Waals surface area (Å²) in [6.07, 6.45) is 4.00. The average molecular weight is 329 g/mol. The van der Waals surface area contributed by atoms with Gasteiger partial charge >= 0.3 is 0 Å². The molecule has 0 aliphatic heterocycles. The van der Waals surface area contributed by atoms with E-state index in [-0.39, 0.29) is 6.04 Å². The molecule has 20 heavy (non-hydrogen) atoms. The van der Waals surface area contributed by atoms with Crippen molar-refractivity contribution in [3.63, 3.8) is 0 Å². The Morgan fingerprint density at radius 3 is 2.80 bits per heavy atom. The Kier molecular flexibility index (Phi) is 6.33. The van der Waals surface area contributed by atoms with Gasteiger partial charge in [0.05, 0.1) is 0 Å². The quantitative estimate of drug-likeness (QED) is 0.582. The molecule has 0 amide bonds. The van der Waals surface area contributed by atoms with Crippen LogP contribution in [0.25, 0.3) is 0 Å². The molecule has 5 heteroatoms. The molecule has 108 valence electrons. The molecule has 0 fully saturated rings. The van der Waals surface area contributed by atoms with Crippen molar-refractivity contribution in [3.05, 3.63) is 56.2 Å². The van der Waals surface area contributed by atoms with Crippen LogP contribution < -0.4 is 11.3 Å². The second-order valence-corrected chi connectivity index (χ2v) is 6.65. The highest BCUT2D eigenvalue weighted by Gasteiger charge is 2.11. The summed E-state index contributed by atoms with van der Waals surface area (Å²) >= 11 is 14.0. The summed E-state index contributed by atoms with van der Waals surface area (Å²) in [5, 5.41) is 3.56. The molecule has 2 nitrogen and oxygen atoms in total. The van der Waals surface area contributed by atoms with Crippen LogP contribution >= 0.6 is 34.5 Å². The molecule has 2 aromatic rings. The van der Waals surface area contributed by atoms with Crippen LogP contribution in [-0.4, -0.2) is 6.04 Å². The topological polar surface area (TPSA) is 38.0 Å². The minimum Gasteiger partial charge on any atom is -0.271 e. The van der Waals surface area contributed by atoms with Crippen molar-refractivity contribution < 1.29 is 0 Å². The summed E-state index contributed by atoms with van der Waals surface area (Å²) in [5.41, 5.74) is 3.92. The zero-order chi connectivity index (χ0) is 14.4. The maximum Gasteiger partial charge on any atom is 0.0439 e. The molecular formula is C15H18Cl2N2S. The summed E-state index contributed by atoms with van der Waals surface area (Å²) < 4.78 is 0. The highest BCUT2D eigenvalue weighted by Crippen LogP contribution is 2.23. The Bertz CT molecular complexity index is 529. The molecule has 1 atom stereocenters. The van der Waals surface area contributed by atoms with Gasteiger partial charge in [0, 0.05) is 21.0 Å². The Hall–Kier alpha value is -0.580. The van der Waals surface area contributed by atoms with Crippen LogP contribution in [0.3, 0.4) is 0 Å². The first kappa shape index (κ1) is 15.8. The molecule has 2 rings (SSSR count). The van der Waals surface area contributed by atoms with Crippen LogP contribution in [0.15, 0.2) is 35.7 Å². The first-order chi connectivity index (χ1) is 9.69. The summed E-state index contributed by atoms with van der Waals surface area (Å²) in [7, 11) is 0. The van der Waals surface area contributed by atoms with Gasteiger partial charge in [-0.1, -0.05) is 29.3 Å². The standard InChI is InChI=1S/C15H18Cl2N2S/c16-12-6-7-15(17)11(9-12)10-13(19-18)3-1-4-14-5-2-8-20-14/h2,5-9,13,19H,1,3-4,10,18H2. The first-order valence-corrected chi connectivity index (χ1v) is 8.25. The summed E-state index contributed by atoms with van der Waals surface area (Å²) in [6, 6.07) is 10.0. The molecule has 1 aromatic carbocycles. The molecule has 1 aromatic heterocycles. The minimum absolute atomic E-state index is 0.214. The van der Waals surface area contributed by atoms with Gasteiger partial charge in [-0.3, -0.25) is 11.3 Å². The molecule has 3 N–H and O–H groups in total. The van der Waals surface area contributed by atoms with Gasteiger partial charge in [-0.25, -0.2) is 0 Å². The van der Waals surface area contributed by atoms with Crippen LogP contribution in [0, 0.1) is 0 Å². The number of hydrogen-bond acceptors (Lipinski definition) is 3. The largest absolute Gasteiger partial charge is 0.271 e. The number of hydrazine groups is 1. The Morgan fingerprint density at radius 2 is 2.10 bits per heavy atom. The Labute approximate surface area is 133 Å². The minimum atomic E-state index is 0.214. The van der Waals surface area contributed by atoms with E-state index in [0.717, 1.165) is 36.3 Å². The number of benzene rings is 1. The van der Waals surface area contributed by atoms with Crippen molar-refractivity contribution >= 4 is 34.5 Å². The second-order valence-electron chi connectivity index (χ2n) is 4.78. The third-order valence-corrected chi connectivity index (χ3v) is 4.81. The maximum absolute atomic E-state index is 6.19. The van der Waals surface area contributed by atoms with Gasteiger partial charge in [0.2, 0.25) is 0 Å². The monoisotopic (exact) mass is 328 g/mol. The van der Waals surface area contributed by atoms with E-state index in [1.807, 2.05) is 12.1 Å². The fourth-order valence-electron chi connectivity index (χ4n) is 2.19. The Balaban J connectivity index is 1.86. The fraction of sp³-hybridized carbons (Fsp3) is 0.333. The molecule has 1 heterocycles. The fourth-order valence-corrected chi connectivity index (χ4v) is 3.33. The lowest BCUT2D eigenvalue weighted by atomic mass is 10.0. The number of thiophene rings is 1. The van der Waals surface area contributed by atoms with Gasteiger partial charge in [0.15, 0.2) is 0 Å². The molecule has 0 aliphatic rings. The predicted octanol–water partition coefficient (Wildman–Crippen LogP) is 4.45. The van der Waals surface area contributed by atoms with Crippen LogP contribution in [0.1, 0.15) is 23.3 Å². The summed E-state index contributed by atoms with van der Waals surface area (Å²) in [4.78, 5) is 1.42. The van der Waals surface area contributed by atoms with Gasteiger partial charge in [0.1, 0.15) is 0 Å². The average Bonchev–Trinajstić information content (AvgIpc) is 2.94.